The molecule has 1 saturated heterocycles. The third-order valence-electron chi connectivity index (χ3n) is 6.67. The van der Waals surface area contributed by atoms with Crippen molar-refractivity contribution in [3.63, 3.8) is 0 Å². The van der Waals surface area contributed by atoms with Crippen molar-refractivity contribution < 1.29 is 26.7 Å². The number of aryl methyl sites for hydroxylation is 1. The number of sulfonamides is 1. The molecule has 39 heavy (non-hydrogen) atoms. The number of aromatic nitrogens is 3. The molecule has 1 aromatic carbocycles. The SMILES string of the molecule is Cc1nc(C2C=C(F)C=CC2)ncc1C(=O)Nn1cc(S(=O)(=O)NCCN2CCOCC2)c2cc(F)ccc21. The number of amides is 1. The summed E-state index contributed by atoms with van der Waals surface area (Å²) in [6.07, 6.45) is 7.65. The van der Waals surface area contributed by atoms with Crippen molar-refractivity contribution in [1.29, 1.82) is 0 Å². The van der Waals surface area contributed by atoms with Crippen LogP contribution in [0.1, 0.15) is 34.2 Å². The van der Waals surface area contributed by atoms with E-state index in [1.807, 2.05) is 0 Å². The fourth-order valence-corrected chi connectivity index (χ4v) is 5.81. The van der Waals surface area contributed by atoms with Gasteiger partial charge in [0.2, 0.25) is 10.0 Å². The molecule has 0 radical (unpaired) electrons. The maximum atomic E-state index is 14.1. The molecule has 1 aliphatic heterocycles. The Kier molecular flexibility index (Phi) is 7.84. The number of nitrogens with one attached hydrogen (secondary N) is 2. The van der Waals surface area contributed by atoms with Gasteiger partial charge in [0.25, 0.3) is 5.91 Å². The van der Waals surface area contributed by atoms with Crippen molar-refractivity contribution in [2.75, 3.05) is 44.8 Å². The first-order valence-corrected chi connectivity index (χ1v) is 14.0. The van der Waals surface area contributed by atoms with Crippen LogP contribution in [0.5, 0.6) is 0 Å². The van der Waals surface area contributed by atoms with Crippen LogP contribution in [-0.2, 0) is 14.8 Å². The maximum Gasteiger partial charge on any atom is 0.273 e. The zero-order valence-corrected chi connectivity index (χ0v) is 22.0. The number of carbonyl (C=O) groups excluding carboxylic acids is 1. The first-order valence-electron chi connectivity index (χ1n) is 12.5. The molecule has 1 fully saturated rings. The Labute approximate surface area is 224 Å². The second-order valence-electron chi connectivity index (χ2n) is 9.34. The van der Waals surface area contributed by atoms with Crippen LogP contribution in [0.15, 0.2) is 59.5 Å². The Bertz CT molecular complexity index is 1560. The van der Waals surface area contributed by atoms with Gasteiger partial charge in [-0.1, -0.05) is 6.08 Å². The van der Waals surface area contributed by atoms with Crippen molar-refractivity contribution in [3.05, 3.63) is 77.5 Å². The molecule has 1 aliphatic carbocycles. The Balaban J connectivity index is 1.36. The number of nitrogens with zero attached hydrogens (tertiary/aromatic N) is 4. The molecular weight excluding hydrogens is 530 g/mol. The van der Waals surface area contributed by atoms with Gasteiger partial charge in [0.15, 0.2) is 0 Å². The lowest BCUT2D eigenvalue weighted by Gasteiger charge is -2.26. The molecule has 3 heterocycles. The monoisotopic (exact) mass is 558 g/mol. The second kappa shape index (κ2) is 11.3. The first-order chi connectivity index (χ1) is 18.7. The fraction of sp³-hybridized carbons (Fsp3) is 0.346. The molecule has 0 spiro atoms. The summed E-state index contributed by atoms with van der Waals surface area (Å²) in [7, 11) is -4.03. The van der Waals surface area contributed by atoms with Gasteiger partial charge in [-0.25, -0.2) is 31.9 Å². The number of hydrogen-bond acceptors (Lipinski definition) is 7. The van der Waals surface area contributed by atoms with Crippen molar-refractivity contribution in [3.8, 4) is 0 Å². The zero-order valence-electron chi connectivity index (χ0n) is 21.2. The number of ether oxygens (including phenoxy) is 1. The molecule has 3 aromatic rings. The Morgan fingerprint density at radius 1 is 1.23 bits per heavy atom. The van der Waals surface area contributed by atoms with Crippen LogP contribution in [0.25, 0.3) is 10.9 Å². The highest BCUT2D eigenvalue weighted by molar-refractivity contribution is 7.89. The van der Waals surface area contributed by atoms with Gasteiger partial charge in [-0.15, -0.1) is 0 Å². The number of morpholine rings is 1. The summed E-state index contributed by atoms with van der Waals surface area (Å²) in [6.45, 7) is 4.92. The zero-order chi connectivity index (χ0) is 27.6. The molecule has 0 saturated carbocycles. The number of allylic oxidation sites excluding steroid dienone is 4. The van der Waals surface area contributed by atoms with E-state index < -0.39 is 21.7 Å². The molecule has 5 rings (SSSR count). The van der Waals surface area contributed by atoms with E-state index in [4.69, 9.17) is 4.74 Å². The lowest BCUT2D eigenvalue weighted by Crippen LogP contribution is -2.41. The minimum Gasteiger partial charge on any atom is -0.379 e. The molecule has 0 bridgehead atoms. The Morgan fingerprint density at radius 2 is 2.03 bits per heavy atom. The summed E-state index contributed by atoms with van der Waals surface area (Å²) >= 11 is 0. The average Bonchev–Trinajstić information content (AvgIpc) is 3.27. The molecule has 1 unspecified atom stereocenters. The Morgan fingerprint density at radius 3 is 2.77 bits per heavy atom. The van der Waals surface area contributed by atoms with E-state index in [2.05, 4.69) is 25.0 Å². The lowest BCUT2D eigenvalue weighted by atomic mass is 9.99. The summed E-state index contributed by atoms with van der Waals surface area (Å²) in [5, 5.41) is 0.122. The predicted octanol–water partition coefficient (Wildman–Crippen LogP) is 2.77. The molecular formula is C26H28F2N6O4S. The van der Waals surface area contributed by atoms with Crippen molar-refractivity contribution >= 4 is 26.8 Å². The molecule has 2 aliphatic rings. The van der Waals surface area contributed by atoms with E-state index in [9.17, 15) is 22.0 Å². The molecule has 2 N–H and O–H groups in total. The normalized spacial score (nSPS) is 18.3. The van der Waals surface area contributed by atoms with E-state index in [0.717, 1.165) is 6.07 Å². The van der Waals surface area contributed by atoms with Gasteiger partial charge < -0.3 is 4.74 Å². The number of rotatable bonds is 8. The van der Waals surface area contributed by atoms with E-state index >= 15 is 0 Å². The van der Waals surface area contributed by atoms with Crippen LogP contribution in [-0.4, -0.2) is 73.3 Å². The second-order valence-corrected chi connectivity index (χ2v) is 11.1. The van der Waals surface area contributed by atoms with Gasteiger partial charge in [0.05, 0.1) is 30.0 Å². The van der Waals surface area contributed by atoms with E-state index in [-0.39, 0.29) is 34.1 Å². The highest BCUT2D eigenvalue weighted by Gasteiger charge is 2.24. The summed E-state index contributed by atoms with van der Waals surface area (Å²) in [4.78, 5) is 23.7. The smallest absolute Gasteiger partial charge is 0.273 e. The highest BCUT2D eigenvalue weighted by Crippen LogP contribution is 2.27. The number of carbonyl (C=O) groups is 1. The predicted molar refractivity (Wildman–Crippen MR) is 140 cm³/mol. The number of fused-ring (bicyclic) bond motifs is 1. The quantitative estimate of drug-likeness (QED) is 0.437. The standard InChI is InChI=1S/C26H28F2N6O4S/c1-17-22(15-29-25(31-17)18-3-2-4-19(27)13-18)26(35)32-34-16-24(21-14-20(28)5-6-23(21)34)39(36,37)30-7-8-33-9-11-38-12-10-33/h2,4-6,13-16,18,30H,3,7-12H2,1H3,(H,32,35). The number of halogens is 2. The number of benzene rings is 1. The van der Waals surface area contributed by atoms with E-state index in [1.54, 1.807) is 13.0 Å². The minimum absolute atomic E-state index is 0.122. The Hall–Kier alpha value is -3.52. The third-order valence-corrected chi connectivity index (χ3v) is 8.16. The highest BCUT2D eigenvalue weighted by atomic mass is 32.2. The molecule has 2 aromatic heterocycles. The van der Waals surface area contributed by atoms with Crippen LogP contribution in [0.3, 0.4) is 0 Å². The molecule has 1 atom stereocenters. The number of hydrogen-bond donors (Lipinski definition) is 2. The summed E-state index contributed by atoms with van der Waals surface area (Å²) in [5.41, 5.74) is 3.48. The van der Waals surface area contributed by atoms with Gasteiger partial charge >= 0.3 is 0 Å². The van der Waals surface area contributed by atoms with Crippen LogP contribution in [0, 0.1) is 12.7 Å². The summed E-state index contributed by atoms with van der Waals surface area (Å²) < 4.78 is 63.2. The van der Waals surface area contributed by atoms with Gasteiger partial charge in [0.1, 0.15) is 22.4 Å². The topological polar surface area (TPSA) is 118 Å². The first kappa shape index (κ1) is 27.1. The van der Waals surface area contributed by atoms with Gasteiger partial charge in [0, 0.05) is 49.9 Å². The summed E-state index contributed by atoms with van der Waals surface area (Å²) in [6, 6.07) is 3.69. The van der Waals surface area contributed by atoms with Gasteiger partial charge in [-0.05, 0) is 43.7 Å². The van der Waals surface area contributed by atoms with Crippen LogP contribution in [0.2, 0.25) is 0 Å². The molecule has 13 heteroatoms. The van der Waals surface area contributed by atoms with Crippen LogP contribution >= 0.6 is 0 Å². The molecule has 206 valence electrons. The van der Waals surface area contributed by atoms with Gasteiger partial charge in [-0.3, -0.25) is 19.8 Å². The van der Waals surface area contributed by atoms with Crippen LogP contribution in [0.4, 0.5) is 8.78 Å². The lowest BCUT2D eigenvalue weighted by molar-refractivity contribution is 0.0390. The average molecular weight is 559 g/mol. The van der Waals surface area contributed by atoms with E-state index in [0.29, 0.717) is 56.3 Å². The summed E-state index contributed by atoms with van der Waals surface area (Å²) in [5.74, 6) is -1.51. The minimum atomic E-state index is -4.03. The molecule has 10 nitrogen and oxygen atoms in total. The maximum absolute atomic E-state index is 14.1. The third kappa shape index (κ3) is 6.06. The van der Waals surface area contributed by atoms with Crippen LogP contribution < -0.4 is 10.1 Å². The fourth-order valence-electron chi connectivity index (χ4n) is 4.60. The van der Waals surface area contributed by atoms with Crippen molar-refractivity contribution in [2.24, 2.45) is 0 Å². The van der Waals surface area contributed by atoms with E-state index in [1.165, 1.54) is 41.4 Å². The van der Waals surface area contributed by atoms with Crippen molar-refractivity contribution in [2.45, 2.75) is 24.2 Å². The van der Waals surface area contributed by atoms with Gasteiger partial charge in [-0.2, -0.15) is 0 Å². The largest absolute Gasteiger partial charge is 0.379 e. The van der Waals surface area contributed by atoms with Crippen molar-refractivity contribution in [1.82, 2.24) is 24.3 Å². The molecule has 1 amide bonds.